The van der Waals surface area contributed by atoms with Gasteiger partial charge >= 0.3 is 5.97 Å². The Labute approximate surface area is 142 Å². The van der Waals surface area contributed by atoms with Gasteiger partial charge in [0.05, 0.1) is 6.61 Å². The van der Waals surface area contributed by atoms with E-state index in [9.17, 15) is 4.79 Å². The van der Waals surface area contributed by atoms with Crippen molar-refractivity contribution in [2.24, 2.45) is 0 Å². The summed E-state index contributed by atoms with van der Waals surface area (Å²) in [5.41, 5.74) is 0.541. The minimum atomic E-state index is -0.242. The normalized spacial score (nSPS) is 10.8. The minimum Gasteiger partial charge on any atom is -0.461 e. The molecule has 3 nitrogen and oxygen atoms in total. The molecule has 0 aliphatic carbocycles. The number of aromatic nitrogens is 1. The molecule has 0 aromatic carbocycles. The third-order valence-electron chi connectivity index (χ3n) is 4.30. The summed E-state index contributed by atoms with van der Waals surface area (Å²) >= 11 is 0. The average Bonchev–Trinajstić information content (AvgIpc) is 3.09. The molecule has 0 spiro atoms. The van der Waals surface area contributed by atoms with Gasteiger partial charge in [-0.2, -0.15) is 0 Å². The van der Waals surface area contributed by atoms with Crippen molar-refractivity contribution in [1.82, 2.24) is 4.98 Å². The summed E-state index contributed by atoms with van der Waals surface area (Å²) in [6, 6.07) is 3.55. The Bertz CT molecular complexity index is 373. The molecule has 0 fully saturated rings. The van der Waals surface area contributed by atoms with Crippen LogP contribution in [0.3, 0.4) is 0 Å². The summed E-state index contributed by atoms with van der Waals surface area (Å²) in [6.45, 7) is 2.81. The van der Waals surface area contributed by atoms with E-state index in [0.29, 0.717) is 12.3 Å². The molecule has 3 heteroatoms. The van der Waals surface area contributed by atoms with Crippen molar-refractivity contribution < 1.29 is 9.53 Å². The number of carbonyl (C=O) groups excluding carboxylic acids is 1. The van der Waals surface area contributed by atoms with Crippen LogP contribution in [-0.4, -0.2) is 17.6 Å². The van der Waals surface area contributed by atoms with Crippen molar-refractivity contribution >= 4 is 5.97 Å². The van der Waals surface area contributed by atoms with E-state index in [1.807, 2.05) is 6.07 Å². The summed E-state index contributed by atoms with van der Waals surface area (Å²) in [7, 11) is 0. The molecule has 1 N–H and O–H groups in total. The summed E-state index contributed by atoms with van der Waals surface area (Å²) in [4.78, 5) is 14.4. The summed E-state index contributed by atoms with van der Waals surface area (Å²) in [6.07, 6.45) is 19.0. The van der Waals surface area contributed by atoms with Crippen LogP contribution < -0.4 is 0 Å². The molecule has 132 valence electrons. The Morgan fingerprint density at radius 2 is 1.39 bits per heavy atom. The zero-order valence-electron chi connectivity index (χ0n) is 14.9. The van der Waals surface area contributed by atoms with Crippen LogP contribution in [0.1, 0.15) is 101 Å². The van der Waals surface area contributed by atoms with Gasteiger partial charge in [0.25, 0.3) is 0 Å². The Morgan fingerprint density at radius 1 is 0.870 bits per heavy atom. The lowest BCUT2D eigenvalue weighted by molar-refractivity contribution is 0.0491. The molecule has 0 aliphatic heterocycles. The van der Waals surface area contributed by atoms with Gasteiger partial charge in [0.1, 0.15) is 5.69 Å². The van der Waals surface area contributed by atoms with Crippen molar-refractivity contribution in [1.29, 1.82) is 0 Å². The highest BCUT2D eigenvalue weighted by atomic mass is 16.5. The van der Waals surface area contributed by atoms with Crippen LogP contribution in [0.15, 0.2) is 18.3 Å². The second-order valence-electron chi connectivity index (χ2n) is 6.46. The molecule has 0 aliphatic rings. The molecule has 0 amide bonds. The SMILES string of the molecule is CCCCCCCCCCCCCCCOC(=O)c1ccc[nH]1. The van der Waals surface area contributed by atoms with E-state index in [0.717, 1.165) is 12.8 Å². The van der Waals surface area contributed by atoms with E-state index < -0.39 is 0 Å². The maximum Gasteiger partial charge on any atom is 0.354 e. The molecular formula is C20H35NO2. The van der Waals surface area contributed by atoms with Gasteiger partial charge < -0.3 is 9.72 Å². The predicted octanol–water partition coefficient (Wildman–Crippen LogP) is 6.26. The highest BCUT2D eigenvalue weighted by molar-refractivity contribution is 5.87. The van der Waals surface area contributed by atoms with Crippen molar-refractivity contribution in [3.05, 3.63) is 24.0 Å². The van der Waals surface area contributed by atoms with Gasteiger partial charge in [0.2, 0.25) is 0 Å². The fraction of sp³-hybridized carbons (Fsp3) is 0.750. The lowest BCUT2D eigenvalue weighted by Gasteiger charge is -2.04. The first-order valence-electron chi connectivity index (χ1n) is 9.65. The molecular weight excluding hydrogens is 286 g/mol. The largest absolute Gasteiger partial charge is 0.461 e. The van der Waals surface area contributed by atoms with Gasteiger partial charge in [0, 0.05) is 6.20 Å². The Balaban J connectivity index is 1.76. The predicted molar refractivity (Wildman–Crippen MR) is 96.8 cm³/mol. The molecule has 1 aromatic heterocycles. The number of unbranched alkanes of at least 4 members (excludes halogenated alkanes) is 12. The van der Waals surface area contributed by atoms with Gasteiger partial charge in [-0.1, -0.05) is 84.0 Å². The molecule has 0 bridgehead atoms. The smallest absolute Gasteiger partial charge is 0.354 e. The molecule has 1 rings (SSSR count). The first-order valence-corrected chi connectivity index (χ1v) is 9.65. The van der Waals surface area contributed by atoms with Crippen molar-refractivity contribution in [3.63, 3.8) is 0 Å². The quantitative estimate of drug-likeness (QED) is 0.306. The number of rotatable bonds is 15. The molecule has 0 saturated heterocycles. The Morgan fingerprint density at radius 3 is 1.87 bits per heavy atom. The van der Waals surface area contributed by atoms with Crippen LogP contribution >= 0.6 is 0 Å². The van der Waals surface area contributed by atoms with Crippen LogP contribution in [0.5, 0.6) is 0 Å². The average molecular weight is 322 g/mol. The number of hydrogen-bond acceptors (Lipinski definition) is 2. The first kappa shape index (κ1) is 19.8. The third kappa shape index (κ3) is 11.0. The van der Waals surface area contributed by atoms with E-state index in [2.05, 4.69) is 11.9 Å². The number of esters is 1. The number of ether oxygens (including phenoxy) is 1. The number of aromatic amines is 1. The lowest BCUT2D eigenvalue weighted by Crippen LogP contribution is -2.06. The Kier molecular flexibility index (Phi) is 12.4. The van der Waals surface area contributed by atoms with Gasteiger partial charge in [0.15, 0.2) is 0 Å². The van der Waals surface area contributed by atoms with Crippen molar-refractivity contribution in [2.45, 2.75) is 90.4 Å². The summed E-state index contributed by atoms with van der Waals surface area (Å²) < 4.78 is 5.22. The summed E-state index contributed by atoms with van der Waals surface area (Å²) in [5, 5.41) is 0. The third-order valence-corrected chi connectivity index (χ3v) is 4.30. The molecule has 0 radical (unpaired) electrons. The van der Waals surface area contributed by atoms with Crippen molar-refractivity contribution in [3.8, 4) is 0 Å². The molecule has 1 heterocycles. The van der Waals surface area contributed by atoms with E-state index in [1.165, 1.54) is 70.6 Å². The fourth-order valence-corrected chi connectivity index (χ4v) is 2.82. The number of H-pyrrole nitrogens is 1. The monoisotopic (exact) mass is 321 g/mol. The van der Waals surface area contributed by atoms with Crippen LogP contribution in [0.2, 0.25) is 0 Å². The number of hydrogen-bond donors (Lipinski definition) is 1. The van der Waals surface area contributed by atoms with Gasteiger partial charge in [-0.05, 0) is 18.6 Å². The zero-order chi connectivity index (χ0) is 16.6. The molecule has 23 heavy (non-hydrogen) atoms. The molecule has 0 unspecified atom stereocenters. The maximum absolute atomic E-state index is 11.6. The molecule has 0 saturated carbocycles. The second kappa shape index (κ2) is 14.3. The zero-order valence-corrected chi connectivity index (χ0v) is 14.9. The van der Waals surface area contributed by atoms with E-state index in [1.54, 1.807) is 12.3 Å². The topological polar surface area (TPSA) is 42.1 Å². The van der Waals surface area contributed by atoms with Crippen molar-refractivity contribution in [2.75, 3.05) is 6.61 Å². The van der Waals surface area contributed by atoms with Gasteiger partial charge in [-0.15, -0.1) is 0 Å². The molecule has 1 aromatic rings. The fourth-order valence-electron chi connectivity index (χ4n) is 2.82. The van der Waals surface area contributed by atoms with E-state index >= 15 is 0 Å². The lowest BCUT2D eigenvalue weighted by atomic mass is 10.0. The van der Waals surface area contributed by atoms with Crippen LogP contribution in [0.25, 0.3) is 0 Å². The first-order chi connectivity index (χ1) is 11.3. The standard InChI is InChI=1S/C20H35NO2/c1-2-3-4-5-6-7-8-9-10-11-12-13-14-18-23-20(22)19-16-15-17-21-19/h15-17,21H,2-14,18H2,1H3. The van der Waals surface area contributed by atoms with E-state index in [4.69, 9.17) is 4.74 Å². The maximum atomic E-state index is 11.6. The number of nitrogens with one attached hydrogen (secondary N) is 1. The van der Waals surface area contributed by atoms with Gasteiger partial charge in [-0.3, -0.25) is 0 Å². The summed E-state index contributed by atoms with van der Waals surface area (Å²) in [5.74, 6) is -0.242. The van der Waals surface area contributed by atoms with Crippen LogP contribution in [0, 0.1) is 0 Å². The highest BCUT2D eigenvalue weighted by Gasteiger charge is 2.06. The number of carbonyl (C=O) groups is 1. The van der Waals surface area contributed by atoms with Gasteiger partial charge in [-0.25, -0.2) is 4.79 Å². The second-order valence-corrected chi connectivity index (χ2v) is 6.46. The highest BCUT2D eigenvalue weighted by Crippen LogP contribution is 2.12. The minimum absolute atomic E-state index is 0.242. The Hall–Kier alpha value is -1.25. The molecule has 0 atom stereocenters. The van der Waals surface area contributed by atoms with E-state index in [-0.39, 0.29) is 5.97 Å². The van der Waals surface area contributed by atoms with Crippen LogP contribution in [0.4, 0.5) is 0 Å². The van der Waals surface area contributed by atoms with Crippen LogP contribution in [-0.2, 0) is 4.74 Å².